The van der Waals surface area contributed by atoms with Gasteiger partial charge < -0.3 is 10.1 Å². The van der Waals surface area contributed by atoms with Crippen LogP contribution in [-0.4, -0.2) is 32.7 Å². The highest BCUT2D eigenvalue weighted by molar-refractivity contribution is 6.18. The van der Waals surface area contributed by atoms with Gasteiger partial charge in [0, 0.05) is 19.6 Å². The lowest BCUT2D eigenvalue weighted by Gasteiger charge is -2.08. The molecule has 0 spiro atoms. The second-order valence-electron chi connectivity index (χ2n) is 3.16. The number of nitrogens with one attached hydrogen (secondary N) is 1. The van der Waals surface area contributed by atoms with Crippen molar-refractivity contribution in [3.63, 3.8) is 0 Å². The van der Waals surface area contributed by atoms with Gasteiger partial charge in [-0.15, -0.1) is 11.6 Å². The van der Waals surface area contributed by atoms with E-state index in [1.807, 2.05) is 0 Å². The molecule has 0 aromatic heterocycles. The summed E-state index contributed by atoms with van der Waals surface area (Å²) in [6.45, 7) is 5.11. The number of rotatable bonds is 8. The molecule has 2 nitrogen and oxygen atoms in total. The molecule has 0 bridgehead atoms. The van der Waals surface area contributed by atoms with Crippen LogP contribution in [0.2, 0.25) is 0 Å². The molecule has 1 N–H and O–H groups in total. The molecule has 3 heteroatoms. The van der Waals surface area contributed by atoms with Gasteiger partial charge >= 0.3 is 0 Å². The minimum Gasteiger partial charge on any atom is -0.385 e. The van der Waals surface area contributed by atoms with Crippen molar-refractivity contribution in [1.29, 1.82) is 0 Å². The summed E-state index contributed by atoms with van der Waals surface area (Å²) < 4.78 is 4.94. The average molecular weight is 194 g/mol. The first-order valence-corrected chi connectivity index (χ1v) is 5.10. The van der Waals surface area contributed by atoms with Crippen LogP contribution in [0.15, 0.2) is 0 Å². The largest absolute Gasteiger partial charge is 0.385 e. The first-order chi connectivity index (χ1) is 5.81. The lowest BCUT2D eigenvalue weighted by molar-refractivity contribution is 0.192. The zero-order valence-corrected chi connectivity index (χ0v) is 8.86. The van der Waals surface area contributed by atoms with Crippen LogP contribution in [0.25, 0.3) is 0 Å². The molecule has 12 heavy (non-hydrogen) atoms. The summed E-state index contributed by atoms with van der Waals surface area (Å²) in [6.07, 6.45) is 2.32. The van der Waals surface area contributed by atoms with Crippen molar-refractivity contribution in [1.82, 2.24) is 5.32 Å². The van der Waals surface area contributed by atoms with Crippen LogP contribution in [0, 0.1) is 5.92 Å². The number of ether oxygens (including phenoxy) is 1. The van der Waals surface area contributed by atoms with Gasteiger partial charge in [-0.25, -0.2) is 0 Å². The first-order valence-electron chi connectivity index (χ1n) is 4.57. The van der Waals surface area contributed by atoms with Gasteiger partial charge in [-0.1, -0.05) is 6.92 Å². The SMILES string of the molecule is COCCCCNCC(C)CCl. The van der Waals surface area contributed by atoms with Gasteiger partial charge in [-0.2, -0.15) is 0 Å². The molecule has 74 valence electrons. The number of methoxy groups -OCH3 is 1. The van der Waals surface area contributed by atoms with Crippen molar-refractivity contribution < 1.29 is 4.74 Å². The Morgan fingerprint density at radius 3 is 2.75 bits per heavy atom. The maximum atomic E-state index is 5.65. The van der Waals surface area contributed by atoms with E-state index < -0.39 is 0 Å². The molecule has 0 heterocycles. The highest BCUT2D eigenvalue weighted by Crippen LogP contribution is 1.95. The van der Waals surface area contributed by atoms with Crippen LogP contribution in [0.3, 0.4) is 0 Å². The third-order valence-corrected chi connectivity index (χ3v) is 2.24. The molecular formula is C9H20ClNO. The standard InChI is InChI=1S/C9H20ClNO/c1-9(7-10)8-11-5-3-4-6-12-2/h9,11H,3-8H2,1-2H3. The molecule has 0 aliphatic carbocycles. The maximum absolute atomic E-state index is 5.65. The van der Waals surface area contributed by atoms with Gasteiger partial charge in [0.2, 0.25) is 0 Å². The second kappa shape index (κ2) is 9.30. The van der Waals surface area contributed by atoms with Gasteiger partial charge in [-0.05, 0) is 31.8 Å². The van der Waals surface area contributed by atoms with Gasteiger partial charge in [0.25, 0.3) is 0 Å². The quantitative estimate of drug-likeness (QED) is 0.470. The molecule has 1 atom stereocenters. The average Bonchev–Trinajstić information content (AvgIpc) is 2.10. The van der Waals surface area contributed by atoms with E-state index >= 15 is 0 Å². The number of alkyl halides is 1. The van der Waals surface area contributed by atoms with E-state index in [0.717, 1.165) is 32.0 Å². The minimum atomic E-state index is 0.578. The Bertz CT molecular complexity index is 90.6. The predicted molar refractivity (Wildman–Crippen MR) is 53.9 cm³/mol. The maximum Gasteiger partial charge on any atom is 0.0462 e. The topological polar surface area (TPSA) is 21.3 Å². The summed E-state index contributed by atoms with van der Waals surface area (Å²) in [7, 11) is 1.74. The molecule has 0 aromatic rings. The third kappa shape index (κ3) is 8.31. The fourth-order valence-electron chi connectivity index (χ4n) is 0.899. The van der Waals surface area contributed by atoms with Crippen molar-refractivity contribution in [2.75, 3.05) is 32.7 Å². The molecule has 0 aromatic carbocycles. The van der Waals surface area contributed by atoms with Crippen molar-refractivity contribution in [3.05, 3.63) is 0 Å². The van der Waals surface area contributed by atoms with Gasteiger partial charge in [-0.3, -0.25) is 0 Å². The van der Waals surface area contributed by atoms with Crippen molar-refractivity contribution in [2.45, 2.75) is 19.8 Å². The number of hydrogen-bond donors (Lipinski definition) is 1. The van der Waals surface area contributed by atoms with Crippen molar-refractivity contribution in [2.24, 2.45) is 5.92 Å². The number of unbranched alkanes of at least 4 members (excludes halogenated alkanes) is 1. The fourth-order valence-corrected chi connectivity index (χ4v) is 1.01. The van der Waals surface area contributed by atoms with Crippen LogP contribution in [0.1, 0.15) is 19.8 Å². The Morgan fingerprint density at radius 2 is 2.17 bits per heavy atom. The highest BCUT2D eigenvalue weighted by atomic mass is 35.5. The molecule has 0 amide bonds. The molecule has 0 aliphatic rings. The molecular weight excluding hydrogens is 174 g/mol. The Labute approximate surface area is 80.6 Å². The zero-order valence-electron chi connectivity index (χ0n) is 8.11. The lowest BCUT2D eigenvalue weighted by Crippen LogP contribution is -2.23. The first kappa shape index (κ1) is 12.2. The zero-order chi connectivity index (χ0) is 9.23. The Morgan fingerprint density at radius 1 is 1.42 bits per heavy atom. The minimum absolute atomic E-state index is 0.578. The highest BCUT2D eigenvalue weighted by Gasteiger charge is 1.97. The third-order valence-electron chi connectivity index (χ3n) is 1.71. The van der Waals surface area contributed by atoms with E-state index in [-0.39, 0.29) is 0 Å². The fraction of sp³-hybridized carbons (Fsp3) is 1.00. The van der Waals surface area contributed by atoms with E-state index in [1.165, 1.54) is 6.42 Å². The number of halogens is 1. The monoisotopic (exact) mass is 193 g/mol. The molecule has 1 unspecified atom stereocenters. The smallest absolute Gasteiger partial charge is 0.0462 e. The van der Waals surface area contributed by atoms with E-state index in [1.54, 1.807) is 7.11 Å². The predicted octanol–water partition coefficient (Wildman–Crippen LogP) is 1.88. The Hall–Kier alpha value is 0.210. The van der Waals surface area contributed by atoms with Crippen LogP contribution in [0.4, 0.5) is 0 Å². The second-order valence-corrected chi connectivity index (χ2v) is 3.47. The summed E-state index contributed by atoms with van der Waals surface area (Å²) in [5.74, 6) is 1.32. The van der Waals surface area contributed by atoms with E-state index in [0.29, 0.717) is 5.92 Å². The van der Waals surface area contributed by atoms with Gasteiger partial charge in [0.15, 0.2) is 0 Å². The molecule has 0 radical (unpaired) electrons. The molecule has 0 fully saturated rings. The van der Waals surface area contributed by atoms with E-state index in [4.69, 9.17) is 16.3 Å². The van der Waals surface area contributed by atoms with Crippen molar-refractivity contribution >= 4 is 11.6 Å². The summed E-state index contributed by atoms with van der Waals surface area (Å²) in [5, 5.41) is 3.35. The number of hydrogen-bond acceptors (Lipinski definition) is 2. The molecule has 0 saturated heterocycles. The summed E-state index contributed by atoms with van der Waals surface area (Å²) in [5.41, 5.74) is 0. The Balaban J connectivity index is 2.90. The summed E-state index contributed by atoms with van der Waals surface area (Å²) in [4.78, 5) is 0. The van der Waals surface area contributed by atoms with Gasteiger partial charge in [0.05, 0.1) is 0 Å². The Kier molecular flexibility index (Phi) is 9.46. The van der Waals surface area contributed by atoms with E-state index in [2.05, 4.69) is 12.2 Å². The molecule has 0 aliphatic heterocycles. The molecule has 0 saturated carbocycles. The van der Waals surface area contributed by atoms with Crippen LogP contribution in [0.5, 0.6) is 0 Å². The van der Waals surface area contributed by atoms with Crippen molar-refractivity contribution in [3.8, 4) is 0 Å². The molecule has 0 rings (SSSR count). The van der Waals surface area contributed by atoms with Crippen LogP contribution < -0.4 is 5.32 Å². The van der Waals surface area contributed by atoms with Crippen LogP contribution >= 0.6 is 11.6 Å². The lowest BCUT2D eigenvalue weighted by atomic mass is 10.2. The summed E-state index contributed by atoms with van der Waals surface area (Å²) >= 11 is 5.65. The van der Waals surface area contributed by atoms with Crippen LogP contribution in [-0.2, 0) is 4.74 Å². The van der Waals surface area contributed by atoms with E-state index in [9.17, 15) is 0 Å². The summed E-state index contributed by atoms with van der Waals surface area (Å²) in [6, 6.07) is 0. The normalized spacial score (nSPS) is 13.2. The van der Waals surface area contributed by atoms with Gasteiger partial charge in [0.1, 0.15) is 0 Å².